The molecule has 6 heteroatoms. The lowest BCUT2D eigenvalue weighted by molar-refractivity contribution is 0.296. The summed E-state index contributed by atoms with van der Waals surface area (Å²) in [5, 5.41) is 8.75. The summed E-state index contributed by atoms with van der Waals surface area (Å²) < 4.78 is 12.0. The van der Waals surface area contributed by atoms with Crippen LogP contribution in [-0.2, 0) is 13.1 Å². The van der Waals surface area contributed by atoms with Crippen LogP contribution in [0, 0.1) is 5.41 Å². The van der Waals surface area contributed by atoms with Gasteiger partial charge in [0.15, 0.2) is 0 Å². The van der Waals surface area contributed by atoms with Gasteiger partial charge in [0.25, 0.3) is 0 Å². The highest BCUT2D eigenvalue weighted by Crippen LogP contribution is 2.20. The van der Waals surface area contributed by atoms with Crippen molar-refractivity contribution >= 4 is 42.9 Å². The quantitative estimate of drug-likeness (QED) is 0.369. The number of halogens is 2. The first kappa shape index (κ1) is 19.0. The van der Waals surface area contributed by atoms with Crippen molar-refractivity contribution in [1.29, 1.82) is 5.41 Å². The minimum absolute atomic E-state index is 0.469. The minimum atomic E-state index is 0.469. The number of nitrogens with one attached hydrogen (secondary N) is 1. The van der Waals surface area contributed by atoms with Gasteiger partial charge in [0, 0.05) is 8.95 Å². The summed E-state index contributed by atoms with van der Waals surface area (Å²) in [4.78, 5) is 0. The van der Waals surface area contributed by atoms with E-state index >= 15 is 0 Å². The van der Waals surface area contributed by atoms with Crippen molar-refractivity contribution in [2.75, 3.05) is 6.61 Å². The molecule has 0 saturated heterocycles. The molecule has 3 aromatic carbocycles. The Kier molecular flexibility index (Phi) is 5.69. The number of hydrogen-bond donors (Lipinski definition) is 1. The fraction of sp³-hybridized carbons (Fsp3) is 0.136. The van der Waals surface area contributed by atoms with E-state index < -0.39 is 0 Å². The zero-order valence-electron chi connectivity index (χ0n) is 15.1. The third kappa shape index (κ3) is 3.93. The van der Waals surface area contributed by atoms with Gasteiger partial charge in [-0.05, 0) is 48.0 Å². The highest BCUT2D eigenvalue weighted by atomic mass is 79.9. The number of para-hydroxylation sites is 2. The van der Waals surface area contributed by atoms with E-state index in [0.29, 0.717) is 25.3 Å². The molecular formula is C22H19Br2N3O. The van der Waals surface area contributed by atoms with Crippen molar-refractivity contribution in [1.82, 2.24) is 9.13 Å². The Morgan fingerprint density at radius 1 is 0.786 bits per heavy atom. The van der Waals surface area contributed by atoms with Crippen LogP contribution in [0.25, 0.3) is 11.0 Å². The molecule has 0 bridgehead atoms. The number of ether oxygens (including phenoxy) is 1. The summed E-state index contributed by atoms with van der Waals surface area (Å²) in [5.41, 5.74) is 3.71. The first-order valence-electron chi connectivity index (χ1n) is 8.98. The predicted octanol–water partition coefficient (Wildman–Crippen LogP) is 5.57. The second-order valence-corrected chi connectivity index (χ2v) is 8.21. The molecule has 0 radical (unpaired) electrons. The fourth-order valence-corrected chi connectivity index (χ4v) is 3.94. The molecule has 0 amide bonds. The zero-order chi connectivity index (χ0) is 19.5. The van der Waals surface area contributed by atoms with Crippen LogP contribution in [0.4, 0.5) is 0 Å². The van der Waals surface area contributed by atoms with Crippen LogP contribution in [0.15, 0.2) is 81.7 Å². The van der Waals surface area contributed by atoms with E-state index in [2.05, 4.69) is 50.1 Å². The molecule has 1 aromatic heterocycles. The van der Waals surface area contributed by atoms with Crippen molar-refractivity contribution in [3.05, 3.63) is 92.9 Å². The Balaban J connectivity index is 1.62. The van der Waals surface area contributed by atoms with Crippen LogP contribution in [0.1, 0.15) is 5.56 Å². The maximum atomic E-state index is 8.75. The topological polar surface area (TPSA) is 42.9 Å². The second-order valence-electron chi connectivity index (χ2n) is 6.44. The summed E-state index contributed by atoms with van der Waals surface area (Å²) in [6, 6.07) is 24.1. The van der Waals surface area contributed by atoms with Gasteiger partial charge in [-0.2, -0.15) is 0 Å². The van der Waals surface area contributed by atoms with Crippen LogP contribution in [0.5, 0.6) is 5.75 Å². The third-order valence-corrected chi connectivity index (χ3v) is 5.96. The number of rotatable bonds is 6. The van der Waals surface area contributed by atoms with Gasteiger partial charge in [0.2, 0.25) is 5.62 Å². The molecule has 0 fully saturated rings. The lowest BCUT2D eigenvalue weighted by Gasteiger charge is -2.08. The molecule has 4 rings (SSSR count). The lowest BCUT2D eigenvalue weighted by atomic mass is 10.2. The van der Waals surface area contributed by atoms with Crippen molar-refractivity contribution < 1.29 is 4.74 Å². The van der Waals surface area contributed by atoms with Gasteiger partial charge in [0.05, 0.1) is 24.1 Å². The van der Waals surface area contributed by atoms with Crippen molar-refractivity contribution in [2.24, 2.45) is 0 Å². The molecule has 142 valence electrons. The number of nitrogens with zero attached hydrogens (tertiary/aromatic N) is 2. The van der Waals surface area contributed by atoms with Crippen LogP contribution >= 0.6 is 31.9 Å². The molecule has 0 aliphatic carbocycles. The normalized spacial score (nSPS) is 11.1. The van der Waals surface area contributed by atoms with Crippen LogP contribution in [0.3, 0.4) is 0 Å². The zero-order valence-corrected chi connectivity index (χ0v) is 18.3. The van der Waals surface area contributed by atoms with Gasteiger partial charge in [-0.3, -0.25) is 5.41 Å². The molecule has 4 nitrogen and oxygen atoms in total. The Bertz CT molecular complexity index is 1160. The number of imidazole rings is 1. The van der Waals surface area contributed by atoms with Crippen LogP contribution in [-0.4, -0.2) is 15.7 Å². The van der Waals surface area contributed by atoms with E-state index in [1.54, 1.807) is 0 Å². The van der Waals surface area contributed by atoms with Crippen molar-refractivity contribution in [3.63, 3.8) is 0 Å². The highest BCUT2D eigenvalue weighted by molar-refractivity contribution is 9.10. The maximum Gasteiger partial charge on any atom is 0.203 e. The van der Waals surface area contributed by atoms with Crippen LogP contribution < -0.4 is 10.4 Å². The molecule has 1 heterocycles. The van der Waals surface area contributed by atoms with E-state index in [4.69, 9.17) is 10.1 Å². The summed E-state index contributed by atoms with van der Waals surface area (Å²) in [6.45, 7) is 1.75. The number of hydrogen-bond acceptors (Lipinski definition) is 2. The van der Waals surface area contributed by atoms with E-state index in [1.807, 2.05) is 63.7 Å². The fourth-order valence-electron chi connectivity index (χ4n) is 3.26. The standard InChI is InChI=1S/C22H19Br2N3O/c23-17-9-11-18(12-10-17)28-14-13-26-20-7-3-4-8-21(20)27(22(26)25)15-16-5-1-2-6-19(16)24/h1-12,25H,13-15H2. The first-order chi connectivity index (χ1) is 13.6. The third-order valence-electron chi connectivity index (χ3n) is 4.66. The van der Waals surface area contributed by atoms with Crippen molar-refractivity contribution in [3.8, 4) is 5.75 Å². The van der Waals surface area contributed by atoms with Gasteiger partial charge in [-0.1, -0.05) is 62.2 Å². The van der Waals surface area contributed by atoms with Gasteiger partial charge in [-0.15, -0.1) is 0 Å². The van der Waals surface area contributed by atoms with E-state index in [1.165, 1.54) is 0 Å². The largest absolute Gasteiger partial charge is 0.492 e. The molecule has 28 heavy (non-hydrogen) atoms. The molecule has 0 atom stereocenters. The summed E-state index contributed by atoms with van der Waals surface area (Å²) >= 11 is 7.05. The summed E-state index contributed by atoms with van der Waals surface area (Å²) in [5.74, 6) is 0.826. The Morgan fingerprint density at radius 3 is 2.14 bits per heavy atom. The smallest absolute Gasteiger partial charge is 0.203 e. The number of aromatic nitrogens is 2. The average molecular weight is 501 g/mol. The first-order valence-corrected chi connectivity index (χ1v) is 10.6. The maximum absolute atomic E-state index is 8.75. The molecule has 4 aromatic rings. The molecule has 0 aliphatic rings. The van der Waals surface area contributed by atoms with Gasteiger partial charge in [-0.25, -0.2) is 0 Å². The van der Waals surface area contributed by atoms with E-state index in [0.717, 1.165) is 31.3 Å². The monoisotopic (exact) mass is 499 g/mol. The SMILES string of the molecule is N=c1n(CCOc2ccc(Br)cc2)c2ccccc2n1Cc1ccccc1Br. The Labute approximate surface area is 180 Å². The van der Waals surface area contributed by atoms with Gasteiger partial charge < -0.3 is 13.9 Å². The van der Waals surface area contributed by atoms with Gasteiger partial charge >= 0.3 is 0 Å². The lowest BCUT2D eigenvalue weighted by Crippen LogP contribution is -2.27. The average Bonchev–Trinajstić information content (AvgIpc) is 2.97. The van der Waals surface area contributed by atoms with Crippen LogP contribution in [0.2, 0.25) is 0 Å². The minimum Gasteiger partial charge on any atom is -0.492 e. The molecule has 1 N–H and O–H groups in total. The summed E-state index contributed by atoms with van der Waals surface area (Å²) in [6.07, 6.45) is 0. The number of benzene rings is 3. The molecular weight excluding hydrogens is 482 g/mol. The van der Waals surface area contributed by atoms with Crippen molar-refractivity contribution in [2.45, 2.75) is 13.1 Å². The molecule has 0 aliphatic heterocycles. The number of fused-ring (bicyclic) bond motifs is 1. The second kappa shape index (κ2) is 8.37. The molecule has 0 saturated carbocycles. The molecule has 0 unspecified atom stereocenters. The predicted molar refractivity (Wildman–Crippen MR) is 119 cm³/mol. The molecule has 0 spiro atoms. The Morgan fingerprint density at radius 2 is 1.43 bits per heavy atom. The van der Waals surface area contributed by atoms with E-state index in [9.17, 15) is 0 Å². The highest BCUT2D eigenvalue weighted by Gasteiger charge is 2.12. The Hall–Kier alpha value is -2.31. The summed E-state index contributed by atoms with van der Waals surface area (Å²) in [7, 11) is 0. The van der Waals surface area contributed by atoms with E-state index in [-0.39, 0.29) is 0 Å². The van der Waals surface area contributed by atoms with Gasteiger partial charge in [0.1, 0.15) is 12.4 Å².